The molecule has 1 aromatic carbocycles. The molecule has 20 heavy (non-hydrogen) atoms. The molecule has 4 rings (SSSR count). The molecule has 0 spiro atoms. The first-order chi connectivity index (χ1) is 9.58. The van der Waals surface area contributed by atoms with Gasteiger partial charge in [0.2, 0.25) is 0 Å². The fourth-order valence-corrected chi connectivity index (χ4v) is 4.41. The number of β-amino-alcohol motifs (C(OH)–C–C–N with tert-alkyl or cyclic N) is 1. The van der Waals surface area contributed by atoms with Crippen LogP contribution in [0, 0.1) is 5.92 Å². The van der Waals surface area contributed by atoms with Gasteiger partial charge in [0.25, 0.3) is 5.91 Å². The summed E-state index contributed by atoms with van der Waals surface area (Å²) in [5, 5.41) is 11.8. The highest BCUT2D eigenvalue weighted by Crippen LogP contribution is 2.45. The van der Waals surface area contributed by atoms with Gasteiger partial charge >= 0.3 is 0 Å². The summed E-state index contributed by atoms with van der Waals surface area (Å²) in [4.78, 5) is 14.8. The van der Waals surface area contributed by atoms with E-state index in [-0.39, 0.29) is 5.91 Å². The fourth-order valence-electron chi connectivity index (χ4n) is 2.93. The number of carbonyl (C=O) groups is 1. The number of hydrogen-bond acceptors (Lipinski definition) is 3. The summed E-state index contributed by atoms with van der Waals surface area (Å²) < 4.78 is 1.03. The second kappa shape index (κ2) is 4.20. The molecule has 0 atom stereocenters. The van der Waals surface area contributed by atoms with Crippen LogP contribution in [0.15, 0.2) is 24.3 Å². The van der Waals surface area contributed by atoms with E-state index in [2.05, 4.69) is 0 Å². The predicted octanol–water partition coefficient (Wildman–Crippen LogP) is 3.15. The van der Waals surface area contributed by atoms with Crippen molar-refractivity contribution in [1.29, 1.82) is 0 Å². The Labute approximate surface area is 125 Å². The van der Waals surface area contributed by atoms with E-state index in [9.17, 15) is 9.90 Å². The van der Waals surface area contributed by atoms with Gasteiger partial charge in [-0.25, -0.2) is 0 Å². The second-order valence-electron chi connectivity index (χ2n) is 5.78. The number of thiophene rings is 1. The maximum atomic E-state index is 12.5. The van der Waals surface area contributed by atoms with Gasteiger partial charge in [-0.2, -0.15) is 0 Å². The van der Waals surface area contributed by atoms with Crippen molar-refractivity contribution in [2.24, 2.45) is 5.92 Å². The Morgan fingerprint density at radius 3 is 2.70 bits per heavy atom. The smallest absolute Gasteiger partial charge is 0.265 e. The van der Waals surface area contributed by atoms with Crippen LogP contribution < -0.4 is 0 Å². The van der Waals surface area contributed by atoms with Crippen LogP contribution in [0.3, 0.4) is 0 Å². The minimum atomic E-state index is -0.640. The number of nitrogens with zero attached hydrogens (tertiary/aromatic N) is 1. The highest BCUT2D eigenvalue weighted by molar-refractivity contribution is 7.21. The van der Waals surface area contributed by atoms with Crippen LogP contribution in [0.1, 0.15) is 22.5 Å². The molecular formula is C15H14ClNO2S. The lowest BCUT2D eigenvalue weighted by atomic mass is 9.88. The molecule has 2 heterocycles. The van der Waals surface area contributed by atoms with Crippen LogP contribution in [0.2, 0.25) is 5.02 Å². The SMILES string of the molecule is O=C(c1sc2ccccc2c1Cl)N1CC(O)(C2CC2)C1. The van der Waals surface area contributed by atoms with Crippen molar-refractivity contribution in [2.45, 2.75) is 18.4 Å². The summed E-state index contributed by atoms with van der Waals surface area (Å²) in [5.41, 5.74) is -0.640. The van der Waals surface area contributed by atoms with Gasteiger partial charge in [0.15, 0.2) is 0 Å². The molecule has 104 valence electrons. The Morgan fingerprint density at radius 1 is 1.35 bits per heavy atom. The topological polar surface area (TPSA) is 40.5 Å². The van der Waals surface area contributed by atoms with E-state index in [0.717, 1.165) is 22.9 Å². The van der Waals surface area contributed by atoms with Gasteiger partial charge in [-0.15, -0.1) is 11.3 Å². The molecule has 3 nitrogen and oxygen atoms in total. The third-order valence-corrected chi connectivity index (χ3v) is 5.95. The van der Waals surface area contributed by atoms with Crippen LogP contribution >= 0.6 is 22.9 Å². The molecule has 1 N–H and O–H groups in total. The molecule has 1 saturated heterocycles. The fraction of sp³-hybridized carbons (Fsp3) is 0.400. The third-order valence-electron chi connectivity index (χ3n) is 4.28. The van der Waals surface area contributed by atoms with Gasteiger partial charge in [0.1, 0.15) is 10.5 Å². The maximum absolute atomic E-state index is 12.5. The Kier molecular flexibility index (Phi) is 2.65. The van der Waals surface area contributed by atoms with E-state index in [1.807, 2.05) is 24.3 Å². The van der Waals surface area contributed by atoms with Crippen LogP contribution in [0.5, 0.6) is 0 Å². The van der Waals surface area contributed by atoms with Crippen molar-refractivity contribution in [1.82, 2.24) is 4.90 Å². The minimum absolute atomic E-state index is 0.0541. The summed E-state index contributed by atoms with van der Waals surface area (Å²) in [6, 6.07) is 7.77. The molecular weight excluding hydrogens is 294 g/mol. The lowest BCUT2D eigenvalue weighted by Gasteiger charge is -2.46. The molecule has 1 amide bonds. The first-order valence-electron chi connectivity index (χ1n) is 6.77. The summed E-state index contributed by atoms with van der Waals surface area (Å²) >= 11 is 7.75. The van der Waals surface area contributed by atoms with Gasteiger partial charge in [-0.1, -0.05) is 29.8 Å². The Hall–Kier alpha value is -1.10. The maximum Gasteiger partial charge on any atom is 0.265 e. The van der Waals surface area contributed by atoms with E-state index < -0.39 is 5.60 Å². The average Bonchev–Trinajstić information content (AvgIpc) is 3.21. The zero-order valence-corrected chi connectivity index (χ0v) is 12.4. The monoisotopic (exact) mass is 307 g/mol. The van der Waals surface area contributed by atoms with Gasteiger partial charge < -0.3 is 10.0 Å². The minimum Gasteiger partial charge on any atom is -0.386 e. The van der Waals surface area contributed by atoms with Crippen molar-refractivity contribution in [3.8, 4) is 0 Å². The number of fused-ring (bicyclic) bond motifs is 1. The normalized spacial score (nSPS) is 21.0. The van der Waals surface area contributed by atoms with Crippen LogP contribution in [-0.2, 0) is 0 Å². The van der Waals surface area contributed by atoms with Gasteiger partial charge in [-0.05, 0) is 24.8 Å². The number of halogens is 1. The summed E-state index contributed by atoms with van der Waals surface area (Å²) in [7, 11) is 0. The first-order valence-corrected chi connectivity index (χ1v) is 7.97. The number of carbonyl (C=O) groups excluding carboxylic acids is 1. The van der Waals surface area contributed by atoms with E-state index in [1.54, 1.807) is 4.90 Å². The van der Waals surface area contributed by atoms with Crippen molar-refractivity contribution >= 4 is 38.9 Å². The zero-order valence-electron chi connectivity index (χ0n) is 10.8. The predicted molar refractivity (Wildman–Crippen MR) is 80.4 cm³/mol. The van der Waals surface area contributed by atoms with Crippen LogP contribution in [0.4, 0.5) is 0 Å². The van der Waals surface area contributed by atoms with Gasteiger partial charge in [0.05, 0.1) is 18.1 Å². The summed E-state index contributed by atoms with van der Waals surface area (Å²) in [6.45, 7) is 0.891. The highest BCUT2D eigenvalue weighted by atomic mass is 35.5. The van der Waals surface area contributed by atoms with E-state index in [4.69, 9.17) is 11.6 Å². The molecule has 5 heteroatoms. The summed E-state index contributed by atoms with van der Waals surface area (Å²) in [5.74, 6) is 0.339. The number of aliphatic hydroxyl groups is 1. The Bertz CT molecular complexity index is 701. The molecule has 1 saturated carbocycles. The van der Waals surface area contributed by atoms with Crippen LogP contribution in [-0.4, -0.2) is 34.6 Å². The lowest BCUT2D eigenvalue weighted by Crippen LogP contribution is -2.64. The standard InChI is InChI=1S/C15H14ClNO2S/c16-12-10-3-1-2-4-11(10)20-13(12)14(18)17-7-15(19,8-17)9-5-6-9/h1-4,9,19H,5-8H2. The molecule has 1 aliphatic carbocycles. The number of amides is 1. The molecule has 2 fully saturated rings. The second-order valence-corrected chi connectivity index (χ2v) is 7.21. The van der Waals surface area contributed by atoms with Gasteiger partial charge in [-0.3, -0.25) is 4.79 Å². The van der Waals surface area contributed by atoms with Crippen molar-refractivity contribution in [3.63, 3.8) is 0 Å². The largest absolute Gasteiger partial charge is 0.386 e. The van der Waals surface area contributed by atoms with Crippen molar-refractivity contribution in [3.05, 3.63) is 34.2 Å². The molecule has 0 bridgehead atoms. The number of rotatable bonds is 2. The third kappa shape index (κ3) is 1.79. The molecule has 2 aliphatic rings. The van der Waals surface area contributed by atoms with E-state index >= 15 is 0 Å². The Morgan fingerprint density at radius 2 is 2.05 bits per heavy atom. The zero-order chi connectivity index (χ0) is 13.9. The first kappa shape index (κ1) is 12.6. The quantitative estimate of drug-likeness (QED) is 0.926. The van der Waals surface area contributed by atoms with E-state index in [0.29, 0.717) is 28.9 Å². The lowest BCUT2D eigenvalue weighted by molar-refractivity contribution is -0.0956. The average molecular weight is 308 g/mol. The molecule has 0 radical (unpaired) electrons. The molecule has 1 aromatic heterocycles. The Balaban J connectivity index is 1.60. The number of likely N-dealkylation sites (tertiary alicyclic amines) is 1. The van der Waals surface area contributed by atoms with E-state index in [1.165, 1.54) is 11.3 Å². The van der Waals surface area contributed by atoms with Gasteiger partial charge in [0, 0.05) is 10.1 Å². The van der Waals surface area contributed by atoms with Crippen molar-refractivity contribution < 1.29 is 9.90 Å². The molecule has 2 aromatic rings. The molecule has 0 unspecified atom stereocenters. The highest BCUT2D eigenvalue weighted by Gasteiger charge is 2.53. The summed E-state index contributed by atoms with van der Waals surface area (Å²) in [6.07, 6.45) is 2.17. The van der Waals surface area contributed by atoms with Crippen molar-refractivity contribution in [2.75, 3.05) is 13.1 Å². The number of hydrogen-bond donors (Lipinski definition) is 1. The number of benzene rings is 1. The molecule has 1 aliphatic heterocycles. The van der Waals surface area contributed by atoms with Crippen LogP contribution in [0.25, 0.3) is 10.1 Å².